The van der Waals surface area contributed by atoms with Gasteiger partial charge in [0.25, 0.3) is 5.91 Å². The first-order valence-corrected chi connectivity index (χ1v) is 16.8. The van der Waals surface area contributed by atoms with E-state index in [0.717, 1.165) is 48.1 Å². The lowest BCUT2D eigenvalue weighted by Crippen LogP contribution is -2.36. The van der Waals surface area contributed by atoms with Crippen LogP contribution in [0, 0.1) is 0 Å². The van der Waals surface area contributed by atoms with E-state index in [9.17, 15) is 9.59 Å². The summed E-state index contributed by atoms with van der Waals surface area (Å²) in [6, 6.07) is 12.9. The normalized spacial score (nSPS) is 16.0. The number of aromatic nitrogens is 5. The molecule has 0 aliphatic heterocycles. The zero-order chi connectivity index (χ0) is 34.4. The van der Waals surface area contributed by atoms with Gasteiger partial charge in [0.15, 0.2) is 5.65 Å². The van der Waals surface area contributed by atoms with Gasteiger partial charge in [-0.25, -0.2) is 14.8 Å². The Kier molecular flexibility index (Phi) is 10.8. The maximum atomic E-state index is 13.4. The van der Waals surface area contributed by atoms with Crippen LogP contribution in [-0.4, -0.2) is 81.2 Å². The van der Waals surface area contributed by atoms with Crippen LogP contribution in [-0.2, 0) is 5.41 Å². The summed E-state index contributed by atoms with van der Waals surface area (Å²) in [5, 5.41) is 17.6. The summed E-state index contributed by atoms with van der Waals surface area (Å²) in [7, 11) is 1.99. The van der Waals surface area contributed by atoms with Crippen molar-refractivity contribution >= 4 is 29.4 Å². The molecular weight excluding hydrogens is 608 g/mol. The van der Waals surface area contributed by atoms with Gasteiger partial charge in [-0.3, -0.25) is 14.5 Å². The molecule has 0 saturated heterocycles. The minimum atomic E-state index is -0.411. The number of hydrogen-bond donors (Lipinski definition) is 3. The van der Waals surface area contributed by atoms with Gasteiger partial charge in [-0.2, -0.15) is 0 Å². The number of nitrogens with one attached hydrogen (secondary N) is 3. The van der Waals surface area contributed by atoms with Gasteiger partial charge in [0.2, 0.25) is 11.8 Å². The number of rotatable bonds is 12. The Labute approximate surface area is 282 Å². The molecule has 0 unspecified atom stereocenters. The van der Waals surface area contributed by atoms with Gasteiger partial charge in [0.1, 0.15) is 17.7 Å². The Bertz CT molecular complexity index is 1730. The van der Waals surface area contributed by atoms with E-state index >= 15 is 0 Å². The summed E-state index contributed by atoms with van der Waals surface area (Å²) in [6.07, 6.45) is 3.12. The number of pyridine rings is 1. The number of likely N-dealkylation sites (N-methyl/N-ethyl adjacent to an activating group) is 1. The van der Waals surface area contributed by atoms with Gasteiger partial charge in [0, 0.05) is 37.7 Å². The zero-order valence-corrected chi connectivity index (χ0v) is 29.1. The van der Waals surface area contributed by atoms with E-state index in [4.69, 9.17) is 4.74 Å². The van der Waals surface area contributed by atoms with Crippen molar-refractivity contribution in [2.45, 2.75) is 71.9 Å². The van der Waals surface area contributed by atoms with Crippen LogP contribution in [0.2, 0.25) is 0 Å². The number of amides is 3. The number of anilines is 2. The molecule has 4 aromatic rings. The average molecular weight is 657 g/mol. The summed E-state index contributed by atoms with van der Waals surface area (Å²) in [6.45, 7) is 16.0. The van der Waals surface area contributed by atoms with E-state index in [1.165, 1.54) is 0 Å². The molecule has 0 spiro atoms. The fraction of sp³-hybridized carbons (Fsp3) is 0.486. The zero-order valence-electron chi connectivity index (χ0n) is 29.1. The third-order valence-corrected chi connectivity index (χ3v) is 8.68. The lowest BCUT2D eigenvalue weighted by molar-refractivity contribution is 0.0939. The largest absolute Gasteiger partial charge is 0.484 e. The lowest BCUT2D eigenvalue weighted by atomic mass is 9.85. The minimum Gasteiger partial charge on any atom is -0.484 e. The van der Waals surface area contributed by atoms with Gasteiger partial charge in [-0.05, 0) is 63.5 Å². The standard InChI is InChI=1S/C35H48N10O3/c1-8-43(7)20-19-36-32(46)31-38-28(35(4,5)6)21-29(39-31)40-33(47)37-26-16-17-27(25-14-12-11-13-24(25)26)48-23-15-18-30-41-42-34(45(30)22-23)44(9-2)10-3/h11-15,18,21-22,26-27H,8-10,16-17,19-20H2,1-7H3,(H,36,46)(H2,37,38,39,40,47)/t26-,27+/m0/s1. The van der Waals surface area contributed by atoms with Crippen LogP contribution >= 0.6 is 0 Å². The summed E-state index contributed by atoms with van der Waals surface area (Å²) in [5.74, 6) is 1.41. The molecule has 1 aliphatic rings. The highest BCUT2D eigenvalue weighted by Crippen LogP contribution is 2.39. The second-order valence-electron chi connectivity index (χ2n) is 13.1. The van der Waals surface area contributed by atoms with E-state index in [-0.39, 0.29) is 35.1 Å². The Morgan fingerprint density at radius 2 is 1.73 bits per heavy atom. The Morgan fingerprint density at radius 1 is 0.979 bits per heavy atom. The molecule has 3 aromatic heterocycles. The van der Waals surface area contributed by atoms with Gasteiger partial charge >= 0.3 is 6.03 Å². The van der Waals surface area contributed by atoms with Crippen LogP contribution in [0.15, 0.2) is 48.7 Å². The smallest absolute Gasteiger partial charge is 0.320 e. The number of fused-ring (bicyclic) bond motifs is 2. The topological polar surface area (TPSA) is 142 Å². The van der Waals surface area contributed by atoms with Gasteiger partial charge in [0.05, 0.1) is 17.9 Å². The van der Waals surface area contributed by atoms with Crippen molar-refractivity contribution < 1.29 is 14.3 Å². The predicted molar refractivity (Wildman–Crippen MR) is 187 cm³/mol. The van der Waals surface area contributed by atoms with Crippen molar-refractivity contribution in [2.75, 3.05) is 50.0 Å². The van der Waals surface area contributed by atoms with Gasteiger partial charge in [-0.1, -0.05) is 52.0 Å². The van der Waals surface area contributed by atoms with Crippen LogP contribution in [0.4, 0.5) is 16.6 Å². The lowest BCUT2D eigenvalue weighted by Gasteiger charge is -2.32. The van der Waals surface area contributed by atoms with E-state index in [0.29, 0.717) is 31.6 Å². The maximum absolute atomic E-state index is 13.4. The predicted octanol–water partition coefficient (Wildman–Crippen LogP) is 5.12. The van der Waals surface area contributed by atoms with Crippen LogP contribution in [0.3, 0.4) is 0 Å². The third kappa shape index (κ3) is 8.01. The van der Waals surface area contributed by atoms with E-state index in [1.807, 2.05) is 74.8 Å². The van der Waals surface area contributed by atoms with Crippen LogP contribution in [0.1, 0.15) is 94.0 Å². The van der Waals surface area contributed by atoms with Crippen molar-refractivity contribution in [3.63, 3.8) is 0 Å². The van der Waals surface area contributed by atoms with E-state index in [2.05, 4.69) is 66.7 Å². The van der Waals surface area contributed by atoms with Crippen molar-refractivity contribution in [3.8, 4) is 5.75 Å². The van der Waals surface area contributed by atoms with Crippen molar-refractivity contribution in [1.29, 1.82) is 0 Å². The molecule has 0 saturated carbocycles. The van der Waals surface area contributed by atoms with Gasteiger partial charge < -0.3 is 25.2 Å². The van der Waals surface area contributed by atoms with E-state index < -0.39 is 6.03 Å². The first kappa shape index (κ1) is 34.6. The molecule has 0 fully saturated rings. The Morgan fingerprint density at radius 3 is 2.44 bits per heavy atom. The maximum Gasteiger partial charge on any atom is 0.320 e. The molecule has 1 aromatic carbocycles. The summed E-state index contributed by atoms with van der Waals surface area (Å²) in [4.78, 5) is 39.5. The Balaban J connectivity index is 1.29. The molecule has 13 heteroatoms. The first-order valence-electron chi connectivity index (χ1n) is 16.8. The molecule has 0 bridgehead atoms. The second-order valence-corrected chi connectivity index (χ2v) is 13.1. The molecule has 2 atom stereocenters. The number of hydrogen-bond acceptors (Lipinski definition) is 9. The summed E-state index contributed by atoms with van der Waals surface area (Å²) < 4.78 is 8.52. The van der Waals surface area contributed by atoms with Gasteiger partial charge in [-0.15, -0.1) is 10.2 Å². The molecule has 3 heterocycles. The number of carbonyl (C=O) groups excluding carboxylic acids is 2. The summed E-state index contributed by atoms with van der Waals surface area (Å²) in [5.41, 5.74) is 3.06. The average Bonchev–Trinajstić information content (AvgIpc) is 3.48. The van der Waals surface area contributed by atoms with Crippen molar-refractivity contribution in [1.82, 2.24) is 40.1 Å². The summed E-state index contributed by atoms with van der Waals surface area (Å²) >= 11 is 0. The van der Waals surface area contributed by atoms with Crippen LogP contribution in [0.5, 0.6) is 5.75 Å². The monoisotopic (exact) mass is 656 g/mol. The quantitative estimate of drug-likeness (QED) is 0.189. The molecule has 3 N–H and O–H groups in total. The molecule has 5 rings (SSSR count). The minimum absolute atomic E-state index is 0.0220. The number of ether oxygens (including phenoxy) is 1. The van der Waals surface area contributed by atoms with Crippen molar-refractivity contribution in [2.24, 2.45) is 0 Å². The fourth-order valence-electron chi connectivity index (χ4n) is 5.74. The fourth-order valence-corrected chi connectivity index (χ4v) is 5.74. The highest BCUT2D eigenvalue weighted by atomic mass is 16.5. The van der Waals surface area contributed by atoms with E-state index in [1.54, 1.807) is 6.07 Å². The highest BCUT2D eigenvalue weighted by Gasteiger charge is 2.30. The number of nitrogens with zero attached hydrogens (tertiary/aromatic N) is 7. The molecule has 48 heavy (non-hydrogen) atoms. The number of carbonyl (C=O) groups is 2. The van der Waals surface area contributed by atoms with Crippen molar-refractivity contribution in [3.05, 3.63) is 71.3 Å². The second kappa shape index (κ2) is 15.0. The number of benzene rings is 1. The third-order valence-electron chi connectivity index (χ3n) is 8.68. The molecule has 13 nitrogen and oxygen atoms in total. The molecule has 3 amide bonds. The van der Waals surface area contributed by atoms with Crippen LogP contribution in [0.25, 0.3) is 5.65 Å². The first-order chi connectivity index (χ1) is 23.0. The SMILES string of the molecule is CCN(C)CCNC(=O)c1nc(NC(=O)N[C@H]2CC[C@@H](Oc3ccc4nnc(N(CC)CC)n4c3)c3ccccc32)cc(C(C)(C)C)n1. The number of urea groups is 1. The van der Waals surface area contributed by atoms with Crippen LogP contribution < -0.4 is 25.6 Å². The molecular formula is C35H48N10O3. The molecule has 1 aliphatic carbocycles. The molecule has 0 radical (unpaired) electrons. The highest BCUT2D eigenvalue weighted by molar-refractivity contribution is 5.92. The molecule has 256 valence electrons. The Hall–Kier alpha value is -4.78.